The van der Waals surface area contributed by atoms with E-state index in [9.17, 15) is 14.0 Å². The fourth-order valence-corrected chi connectivity index (χ4v) is 2.15. The Hall–Kier alpha value is -2.89. The van der Waals surface area contributed by atoms with Crippen LogP contribution in [0.15, 0.2) is 48.5 Å². The zero-order valence-corrected chi connectivity index (χ0v) is 13.6. The second-order valence-corrected chi connectivity index (χ2v) is 5.10. The van der Waals surface area contributed by atoms with Crippen LogP contribution in [0.1, 0.15) is 17.3 Å². The Kier molecular flexibility index (Phi) is 5.89. The lowest BCUT2D eigenvalue weighted by Gasteiger charge is -2.20. The van der Waals surface area contributed by atoms with E-state index in [4.69, 9.17) is 4.74 Å². The maximum absolute atomic E-state index is 12.9. The van der Waals surface area contributed by atoms with Gasteiger partial charge in [-0.15, -0.1) is 0 Å². The van der Waals surface area contributed by atoms with Crippen LogP contribution in [-0.2, 0) is 4.79 Å². The van der Waals surface area contributed by atoms with Crippen molar-refractivity contribution in [1.29, 1.82) is 0 Å². The van der Waals surface area contributed by atoms with Crippen LogP contribution in [0.2, 0.25) is 0 Å². The number of carbonyl (C=O) groups excluding carboxylic acids is 2. The molecular formula is C18H19FN2O3. The van der Waals surface area contributed by atoms with Gasteiger partial charge >= 0.3 is 0 Å². The van der Waals surface area contributed by atoms with E-state index < -0.39 is 5.82 Å². The summed E-state index contributed by atoms with van der Waals surface area (Å²) in [5.41, 5.74) is 0.960. The smallest absolute Gasteiger partial charge is 0.254 e. The minimum absolute atomic E-state index is 0.0846. The van der Waals surface area contributed by atoms with Crippen LogP contribution >= 0.6 is 0 Å². The summed E-state index contributed by atoms with van der Waals surface area (Å²) in [4.78, 5) is 25.9. The van der Waals surface area contributed by atoms with Gasteiger partial charge in [0.2, 0.25) is 5.91 Å². The Bertz CT molecular complexity index is 699. The molecule has 2 rings (SSSR count). The van der Waals surface area contributed by atoms with Crippen LogP contribution < -0.4 is 10.1 Å². The lowest BCUT2D eigenvalue weighted by atomic mass is 10.2. The average molecular weight is 330 g/mol. The molecule has 0 aliphatic heterocycles. The van der Waals surface area contributed by atoms with E-state index in [1.807, 2.05) is 0 Å². The van der Waals surface area contributed by atoms with Crippen molar-refractivity contribution in [2.45, 2.75) is 6.92 Å². The van der Waals surface area contributed by atoms with Crippen molar-refractivity contribution in [3.8, 4) is 5.75 Å². The minimum atomic E-state index is -0.410. The number of benzene rings is 2. The number of hydrogen-bond acceptors (Lipinski definition) is 3. The zero-order chi connectivity index (χ0) is 17.5. The van der Waals surface area contributed by atoms with Crippen LogP contribution in [-0.4, -0.2) is 36.9 Å². The molecule has 0 aliphatic carbocycles. The molecular weight excluding hydrogens is 311 g/mol. The van der Waals surface area contributed by atoms with Gasteiger partial charge in [-0.2, -0.15) is 0 Å². The third-order valence-electron chi connectivity index (χ3n) is 3.47. The SMILES string of the molecule is CCN(CC(=O)Nc1ccc(OC)cc1)C(=O)c1ccc(F)cc1. The fourth-order valence-electron chi connectivity index (χ4n) is 2.15. The van der Waals surface area contributed by atoms with Crippen molar-refractivity contribution in [2.24, 2.45) is 0 Å². The zero-order valence-electron chi connectivity index (χ0n) is 13.6. The Balaban J connectivity index is 1.99. The molecule has 0 heterocycles. The number of halogens is 1. The molecule has 0 aliphatic rings. The molecule has 0 unspecified atom stereocenters. The molecule has 0 spiro atoms. The second kappa shape index (κ2) is 8.10. The van der Waals surface area contributed by atoms with E-state index >= 15 is 0 Å². The highest BCUT2D eigenvalue weighted by Crippen LogP contribution is 2.15. The topological polar surface area (TPSA) is 58.6 Å². The van der Waals surface area contributed by atoms with Crippen molar-refractivity contribution in [3.05, 3.63) is 59.9 Å². The highest BCUT2D eigenvalue weighted by molar-refractivity contribution is 5.99. The molecule has 2 amide bonds. The number of methoxy groups -OCH3 is 1. The number of nitrogens with one attached hydrogen (secondary N) is 1. The number of ether oxygens (including phenoxy) is 1. The Labute approximate surface area is 140 Å². The third-order valence-corrected chi connectivity index (χ3v) is 3.47. The van der Waals surface area contributed by atoms with Gasteiger partial charge < -0.3 is 15.0 Å². The van der Waals surface area contributed by atoms with Gasteiger partial charge in [-0.25, -0.2) is 4.39 Å². The fraction of sp³-hybridized carbons (Fsp3) is 0.222. The minimum Gasteiger partial charge on any atom is -0.497 e. The number of nitrogens with zero attached hydrogens (tertiary/aromatic N) is 1. The largest absolute Gasteiger partial charge is 0.497 e. The van der Waals surface area contributed by atoms with Gasteiger partial charge in [-0.1, -0.05) is 0 Å². The van der Waals surface area contributed by atoms with Crippen LogP contribution in [0.3, 0.4) is 0 Å². The molecule has 0 bridgehead atoms. The van der Waals surface area contributed by atoms with E-state index in [1.165, 1.54) is 29.2 Å². The predicted molar refractivity (Wildman–Crippen MR) is 89.6 cm³/mol. The van der Waals surface area contributed by atoms with E-state index in [0.717, 1.165) is 0 Å². The molecule has 6 heteroatoms. The molecule has 2 aromatic rings. The molecule has 2 aromatic carbocycles. The van der Waals surface area contributed by atoms with Crippen LogP contribution in [0.4, 0.5) is 10.1 Å². The molecule has 0 saturated heterocycles. The van der Waals surface area contributed by atoms with Crippen molar-refractivity contribution < 1.29 is 18.7 Å². The number of anilines is 1. The summed E-state index contributed by atoms with van der Waals surface area (Å²) in [6.07, 6.45) is 0. The van der Waals surface area contributed by atoms with Gasteiger partial charge in [0.15, 0.2) is 0 Å². The summed E-state index contributed by atoms with van der Waals surface area (Å²) < 4.78 is 18.0. The molecule has 0 radical (unpaired) electrons. The van der Waals surface area contributed by atoms with Crippen molar-refractivity contribution in [3.63, 3.8) is 0 Å². The Morgan fingerprint density at radius 3 is 2.25 bits per heavy atom. The molecule has 1 N–H and O–H groups in total. The van der Waals surface area contributed by atoms with Gasteiger partial charge in [0, 0.05) is 17.8 Å². The van der Waals surface area contributed by atoms with Crippen molar-refractivity contribution in [1.82, 2.24) is 4.90 Å². The summed E-state index contributed by atoms with van der Waals surface area (Å²) >= 11 is 0. The number of likely N-dealkylation sites (N-methyl/N-ethyl adjacent to an activating group) is 1. The predicted octanol–water partition coefficient (Wildman–Crippen LogP) is 2.94. The first-order chi connectivity index (χ1) is 11.5. The highest BCUT2D eigenvalue weighted by Gasteiger charge is 2.17. The first-order valence-corrected chi connectivity index (χ1v) is 7.52. The standard InChI is InChI=1S/C18H19FN2O3/c1-3-21(18(23)13-4-6-14(19)7-5-13)12-17(22)20-15-8-10-16(24-2)11-9-15/h4-11H,3,12H2,1-2H3,(H,20,22). The van der Waals surface area contributed by atoms with Gasteiger partial charge in [-0.3, -0.25) is 9.59 Å². The molecule has 0 saturated carbocycles. The number of carbonyl (C=O) groups is 2. The van der Waals surface area contributed by atoms with E-state index in [0.29, 0.717) is 23.5 Å². The Morgan fingerprint density at radius 2 is 1.71 bits per heavy atom. The maximum Gasteiger partial charge on any atom is 0.254 e. The number of hydrogen-bond donors (Lipinski definition) is 1. The van der Waals surface area contributed by atoms with E-state index in [-0.39, 0.29) is 18.4 Å². The molecule has 0 atom stereocenters. The van der Waals surface area contributed by atoms with Gasteiger partial charge in [0.25, 0.3) is 5.91 Å². The molecule has 0 fully saturated rings. The quantitative estimate of drug-likeness (QED) is 0.886. The first-order valence-electron chi connectivity index (χ1n) is 7.52. The Morgan fingerprint density at radius 1 is 1.08 bits per heavy atom. The number of amides is 2. The van der Waals surface area contributed by atoms with Crippen molar-refractivity contribution >= 4 is 17.5 Å². The second-order valence-electron chi connectivity index (χ2n) is 5.10. The summed E-state index contributed by atoms with van der Waals surface area (Å²) in [7, 11) is 1.56. The molecule has 0 aromatic heterocycles. The van der Waals surface area contributed by atoms with Gasteiger partial charge in [0.05, 0.1) is 7.11 Å². The van der Waals surface area contributed by atoms with Crippen LogP contribution in [0, 0.1) is 5.82 Å². The summed E-state index contributed by atoms with van der Waals surface area (Å²) in [6, 6.07) is 12.2. The highest BCUT2D eigenvalue weighted by atomic mass is 19.1. The lowest BCUT2D eigenvalue weighted by molar-refractivity contribution is -0.116. The first kappa shape index (κ1) is 17.5. The van der Waals surface area contributed by atoms with Gasteiger partial charge in [-0.05, 0) is 55.5 Å². The van der Waals surface area contributed by atoms with E-state index in [2.05, 4.69) is 5.32 Å². The third kappa shape index (κ3) is 4.55. The van der Waals surface area contributed by atoms with E-state index in [1.54, 1.807) is 38.3 Å². The lowest BCUT2D eigenvalue weighted by Crippen LogP contribution is -2.37. The van der Waals surface area contributed by atoms with Crippen LogP contribution in [0.25, 0.3) is 0 Å². The molecule has 24 heavy (non-hydrogen) atoms. The van der Waals surface area contributed by atoms with Crippen LogP contribution in [0.5, 0.6) is 5.75 Å². The normalized spacial score (nSPS) is 10.1. The summed E-state index contributed by atoms with van der Waals surface area (Å²) in [6.45, 7) is 2.06. The molecule has 5 nitrogen and oxygen atoms in total. The summed E-state index contributed by atoms with van der Waals surface area (Å²) in [5.74, 6) is -0.346. The van der Waals surface area contributed by atoms with Gasteiger partial charge in [0.1, 0.15) is 18.1 Å². The molecule has 126 valence electrons. The van der Waals surface area contributed by atoms with Crippen molar-refractivity contribution in [2.75, 3.05) is 25.5 Å². The monoisotopic (exact) mass is 330 g/mol. The number of rotatable bonds is 6. The maximum atomic E-state index is 12.9. The summed E-state index contributed by atoms with van der Waals surface area (Å²) in [5, 5.41) is 2.73. The average Bonchev–Trinajstić information content (AvgIpc) is 2.60.